The summed E-state index contributed by atoms with van der Waals surface area (Å²) >= 11 is 1.78. The van der Waals surface area contributed by atoms with E-state index < -0.39 is 0 Å². The van der Waals surface area contributed by atoms with Crippen LogP contribution in [-0.2, 0) is 0 Å². The van der Waals surface area contributed by atoms with Gasteiger partial charge >= 0.3 is 0 Å². The van der Waals surface area contributed by atoms with Crippen LogP contribution in [0.4, 0.5) is 11.4 Å². The number of amidine groups is 1. The van der Waals surface area contributed by atoms with Crippen LogP contribution in [0.25, 0.3) is 0 Å². The standard InChI is InChI=1S/C18H22N4S.ClH/c1-12(11-21(2)3)22-14-6-4-5-7-16(14)23-17-9-8-13(18(19)20)10-15(17)22;/h4-10,12H,11H2,1-3H3,(H3,19,20);1H. The summed E-state index contributed by atoms with van der Waals surface area (Å²) in [5.41, 5.74) is 8.82. The van der Waals surface area contributed by atoms with Gasteiger partial charge in [-0.05, 0) is 45.3 Å². The lowest BCUT2D eigenvalue weighted by atomic mass is 10.1. The second-order valence-corrected chi connectivity index (χ2v) is 7.23. The summed E-state index contributed by atoms with van der Waals surface area (Å²) in [6.45, 7) is 3.18. The van der Waals surface area contributed by atoms with E-state index in [4.69, 9.17) is 11.1 Å². The molecule has 0 bridgehead atoms. The van der Waals surface area contributed by atoms with Crippen molar-refractivity contribution in [2.75, 3.05) is 25.5 Å². The molecule has 1 unspecified atom stereocenters. The van der Waals surface area contributed by atoms with Crippen molar-refractivity contribution >= 4 is 41.4 Å². The maximum atomic E-state index is 7.73. The maximum absolute atomic E-state index is 7.73. The molecule has 1 aliphatic rings. The SMILES string of the molecule is CC(CN(C)C)N1c2ccccc2Sc2ccc(C(=N)N)cc21.Cl. The molecule has 0 saturated heterocycles. The molecule has 0 spiro atoms. The Morgan fingerprint density at radius 1 is 1.17 bits per heavy atom. The summed E-state index contributed by atoms with van der Waals surface area (Å²) in [4.78, 5) is 7.04. The second-order valence-electron chi connectivity index (χ2n) is 6.15. The molecule has 1 aliphatic heterocycles. The molecule has 24 heavy (non-hydrogen) atoms. The minimum absolute atomic E-state index is 0. The molecule has 6 heteroatoms. The molecular formula is C18H23ClN4S. The fourth-order valence-electron chi connectivity index (χ4n) is 3.04. The molecule has 0 aliphatic carbocycles. The summed E-state index contributed by atoms with van der Waals surface area (Å²) in [5.74, 6) is 0.108. The molecule has 0 fully saturated rings. The fraction of sp³-hybridized carbons (Fsp3) is 0.278. The van der Waals surface area contributed by atoms with Crippen LogP contribution < -0.4 is 10.6 Å². The number of nitrogens with two attached hydrogens (primary N) is 1. The quantitative estimate of drug-likeness (QED) is 0.638. The van der Waals surface area contributed by atoms with Crippen molar-refractivity contribution in [2.45, 2.75) is 22.8 Å². The Morgan fingerprint density at radius 2 is 1.83 bits per heavy atom. The molecular weight excluding hydrogens is 340 g/mol. The highest BCUT2D eigenvalue weighted by Gasteiger charge is 2.27. The molecule has 2 aromatic carbocycles. The summed E-state index contributed by atoms with van der Waals surface area (Å²) < 4.78 is 0. The molecule has 1 atom stereocenters. The van der Waals surface area contributed by atoms with Crippen molar-refractivity contribution in [3.8, 4) is 0 Å². The number of nitrogens with one attached hydrogen (secondary N) is 1. The number of anilines is 2. The number of para-hydroxylation sites is 1. The molecule has 3 N–H and O–H groups in total. The maximum Gasteiger partial charge on any atom is 0.122 e. The number of nitrogens with zero attached hydrogens (tertiary/aromatic N) is 2. The monoisotopic (exact) mass is 362 g/mol. The fourth-order valence-corrected chi connectivity index (χ4v) is 4.09. The zero-order valence-electron chi connectivity index (χ0n) is 14.1. The van der Waals surface area contributed by atoms with E-state index in [1.165, 1.54) is 15.5 Å². The van der Waals surface area contributed by atoms with Crippen molar-refractivity contribution in [2.24, 2.45) is 5.73 Å². The van der Waals surface area contributed by atoms with Crippen molar-refractivity contribution in [1.82, 2.24) is 4.90 Å². The van der Waals surface area contributed by atoms with Gasteiger partial charge in [0.05, 0.1) is 11.4 Å². The van der Waals surface area contributed by atoms with Crippen LogP contribution >= 0.6 is 24.2 Å². The van der Waals surface area contributed by atoms with Crippen LogP contribution in [0.1, 0.15) is 12.5 Å². The first kappa shape index (κ1) is 18.6. The van der Waals surface area contributed by atoms with Crippen LogP contribution in [0.5, 0.6) is 0 Å². The van der Waals surface area contributed by atoms with E-state index in [2.05, 4.69) is 61.2 Å². The van der Waals surface area contributed by atoms with Gasteiger partial charge in [-0.25, -0.2) is 0 Å². The van der Waals surface area contributed by atoms with Gasteiger partial charge in [-0.3, -0.25) is 5.41 Å². The molecule has 0 aromatic heterocycles. The highest BCUT2D eigenvalue weighted by molar-refractivity contribution is 7.99. The number of rotatable bonds is 4. The Morgan fingerprint density at radius 3 is 2.50 bits per heavy atom. The number of halogens is 1. The largest absolute Gasteiger partial charge is 0.384 e. The third-order valence-electron chi connectivity index (χ3n) is 3.94. The number of likely N-dealkylation sites (N-methyl/N-ethyl adjacent to an activating group) is 1. The van der Waals surface area contributed by atoms with Gasteiger partial charge in [0.1, 0.15) is 5.84 Å². The minimum atomic E-state index is 0. The Bertz CT molecular complexity index is 748. The van der Waals surface area contributed by atoms with Gasteiger partial charge in [-0.15, -0.1) is 12.4 Å². The predicted octanol–water partition coefficient (Wildman–Crippen LogP) is 3.95. The summed E-state index contributed by atoms with van der Waals surface area (Å²) in [7, 11) is 4.18. The Kier molecular flexibility index (Phi) is 5.80. The lowest BCUT2D eigenvalue weighted by molar-refractivity contribution is 0.380. The van der Waals surface area contributed by atoms with E-state index in [-0.39, 0.29) is 18.2 Å². The van der Waals surface area contributed by atoms with Crippen molar-refractivity contribution in [3.63, 3.8) is 0 Å². The van der Waals surface area contributed by atoms with E-state index in [1.54, 1.807) is 11.8 Å². The predicted molar refractivity (Wildman–Crippen MR) is 105 cm³/mol. The number of nitrogen functional groups attached to an aromatic ring is 1. The Labute approximate surface area is 153 Å². The first-order valence-corrected chi connectivity index (χ1v) is 8.48. The third kappa shape index (κ3) is 3.53. The zero-order chi connectivity index (χ0) is 16.6. The van der Waals surface area contributed by atoms with Gasteiger partial charge < -0.3 is 15.5 Å². The Balaban J connectivity index is 0.00000208. The molecule has 0 radical (unpaired) electrons. The molecule has 2 aromatic rings. The molecule has 0 amide bonds. The van der Waals surface area contributed by atoms with Crippen molar-refractivity contribution < 1.29 is 0 Å². The van der Waals surface area contributed by atoms with Crippen LogP contribution in [0, 0.1) is 5.41 Å². The van der Waals surface area contributed by atoms with Gasteiger partial charge in [0.25, 0.3) is 0 Å². The normalized spacial score (nSPS) is 13.8. The molecule has 3 rings (SSSR count). The van der Waals surface area contributed by atoms with E-state index in [1.807, 2.05) is 12.1 Å². The smallest absolute Gasteiger partial charge is 0.122 e. The van der Waals surface area contributed by atoms with Gasteiger partial charge in [-0.2, -0.15) is 0 Å². The van der Waals surface area contributed by atoms with E-state index in [9.17, 15) is 0 Å². The van der Waals surface area contributed by atoms with E-state index in [0.717, 1.165) is 17.8 Å². The topological polar surface area (TPSA) is 56.4 Å². The lowest BCUT2D eigenvalue weighted by Crippen LogP contribution is -2.38. The number of fused-ring (bicyclic) bond motifs is 2. The molecule has 4 nitrogen and oxygen atoms in total. The summed E-state index contributed by atoms with van der Waals surface area (Å²) in [5, 5.41) is 7.73. The average Bonchev–Trinajstić information content (AvgIpc) is 2.51. The zero-order valence-corrected chi connectivity index (χ0v) is 15.7. The van der Waals surface area contributed by atoms with Gasteiger partial charge in [0.2, 0.25) is 0 Å². The van der Waals surface area contributed by atoms with Crippen LogP contribution in [0.3, 0.4) is 0 Å². The minimum Gasteiger partial charge on any atom is -0.384 e. The van der Waals surface area contributed by atoms with Gasteiger partial charge in [0.15, 0.2) is 0 Å². The van der Waals surface area contributed by atoms with Crippen LogP contribution in [-0.4, -0.2) is 37.4 Å². The number of hydrogen-bond donors (Lipinski definition) is 2. The van der Waals surface area contributed by atoms with E-state index >= 15 is 0 Å². The number of benzene rings is 2. The second kappa shape index (κ2) is 7.47. The van der Waals surface area contributed by atoms with Crippen molar-refractivity contribution in [1.29, 1.82) is 5.41 Å². The van der Waals surface area contributed by atoms with Crippen molar-refractivity contribution in [3.05, 3.63) is 48.0 Å². The molecule has 128 valence electrons. The van der Waals surface area contributed by atoms with E-state index in [0.29, 0.717) is 6.04 Å². The summed E-state index contributed by atoms with van der Waals surface area (Å²) in [6, 6.07) is 14.8. The highest BCUT2D eigenvalue weighted by atomic mass is 35.5. The van der Waals surface area contributed by atoms with Crippen LogP contribution in [0.15, 0.2) is 52.3 Å². The number of hydrogen-bond acceptors (Lipinski definition) is 4. The average molecular weight is 363 g/mol. The van der Waals surface area contributed by atoms with Gasteiger partial charge in [0, 0.05) is 27.9 Å². The molecule has 1 heterocycles. The highest BCUT2D eigenvalue weighted by Crippen LogP contribution is 2.49. The first-order valence-electron chi connectivity index (χ1n) is 7.66. The summed E-state index contributed by atoms with van der Waals surface area (Å²) in [6.07, 6.45) is 0. The first-order chi connectivity index (χ1) is 11.0. The Hall–Kier alpha value is -1.69. The third-order valence-corrected chi connectivity index (χ3v) is 5.07. The van der Waals surface area contributed by atoms with Gasteiger partial charge in [-0.1, -0.05) is 30.0 Å². The molecule has 0 saturated carbocycles. The van der Waals surface area contributed by atoms with Crippen LogP contribution in [0.2, 0.25) is 0 Å². The lowest BCUT2D eigenvalue weighted by Gasteiger charge is -2.38.